The molecule has 0 aliphatic heterocycles. The maximum Gasteiger partial charge on any atom is 0.322 e. The molecule has 0 fully saturated rings. The highest BCUT2D eigenvalue weighted by Gasteiger charge is 2.17. The maximum atomic E-state index is 10.2. The molecule has 0 saturated heterocycles. The third kappa shape index (κ3) is 19.8. The van der Waals surface area contributed by atoms with Crippen LogP contribution in [0.1, 0.15) is 33.1 Å². The average Bonchev–Trinajstić information content (AvgIpc) is 2.63. The molecular weight excluding hydrogens is 376 g/mol. The van der Waals surface area contributed by atoms with Crippen molar-refractivity contribution in [2.24, 2.45) is 39.6 Å². The standard InChI is InChI=1S/C6H14N4O2.C6H13NO2.C3H7NO3/c7-4(5(11)12)2-1-3-10-6(8)9;1-3-4(2)5(7)6(8)9;4-2(1-5)3(6)7/h4H,1-3,7H2,(H,11,12)(H4,8,9,10);4-5H,3,7H2,1-2H3,(H,8,9);2,5H,1,4H2,(H,6,7)/t4-;4?,5-;2-/m000/s1. The summed E-state index contributed by atoms with van der Waals surface area (Å²) in [6.07, 6.45) is 1.77. The molecule has 0 bridgehead atoms. The van der Waals surface area contributed by atoms with Crippen LogP contribution in [0.5, 0.6) is 0 Å². The molecule has 0 aliphatic rings. The first-order valence-corrected chi connectivity index (χ1v) is 8.43. The van der Waals surface area contributed by atoms with Crippen LogP contribution in [-0.2, 0) is 14.4 Å². The van der Waals surface area contributed by atoms with E-state index in [4.69, 9.17) is 49.1 Å². The van der Waals surface area contributed by atoms with Crippen molar-refractivity contribution in [3.05, 3.63) is 0 Å². The molecule has 28 heavy (non-hydrogen) atoms. The van der Waals surface area contributed by atoms with E-state index in [0.29, 0.717) is 19.4 Å². The van der Waals surface area contributed by atoms with Crippen molar-refractivity contribution in [3.63, 3.8) is 0 Å². The summed E-state index contributed by atoms with van der Waals surface area (Å²) in [5.41, 5.74) is 25.4. The minimum atomic E-state index is -1.18. The number of aliphatic imine (C=N–C) groups is 1. The molecular formula is C15H34N6O7. The molecule has 0 aromatic carbocycles. The Hall–Kier alpha value is -2.48. The van der Waals surface area contributed by atoms with E-state index in [0.717, 1.165) is 6.42 Å². The van der Waals surface area contributed by atoms with Crippen molar-refractivity contribution in [2.45, 2.75) is 51.2 Å². The van der Waals surface area contributed by atoms with Crippen molar-refractivity contribution in [2.75, 3.05) is 13.2 Å². The molecule has 0 amide bonds. The van der Waals surface area contributed by atoms with Gasteiger partial charge in [-0.3, -0.25) is 19.4 Å². The lowest BCUT2D eigenvalue weighted by molar-refractivity contribution is -0.140. The van der Waals surface area contributed by atoms with Crippen LogP contribution >= 0.6 is 0 Å². The largest absolute Gasteiger partial charge is 0.480 e. The van der Waals surface area contributed by atoms with Gasteiger partial charge >= 0.3 is 17.9 Å². The zero-order valence-corrected chi connectivity index (χ0v) is 16.2. The molecule has 0 saturated carbocycles. The van der Waals surface area contributed by atoms with Gasteiger partial charge in [0.1, 0.15) is 18.1 Å². The lowest BCUT2D eigenvalue weighted by atomic mass is 10.0. The Labute approximate surface area is 163 Å². The zero-order chi connectivity index (χ0) is 22.9. The first-order chi connectivity index (χ1) is 12.8. The summed E-state index contributed by atoms with van der Waals surface area (Å²) in [4.78, 5) is 33.7. The number of aliphatic hydroxyl groups excluding tert-OH is 1. The number of carboxylic acids is 3. The van der Waals surface area contributed by atoms with Crippen LogP contribution < -0.4 is 28.7 Å². The lowest BCUT2D eigenvalue weighted by Gasteiger charge is -2.11. The molecule has 0 aromatic rings. The Morgan fingerprint density at radius 2 is 1.39 bits per heavy atom. The van der Waals surface area contributed by atoms with Crippen molar-refractivity contribution < 1.29 is 34.8 Å². The molecule has 0 radical (unpaired) electrons. The second kappa shape index (κ2) is 17.9. The van der Waals surface area contributed by atoms with E-state index in [9.17, 15) is 14.4 Å². The first-order valence-electron chi connectivity index (χ1n) is 8.43. The number of hydrogen-bond donors (Lipinski definition) is 9. The van der Waals surface area contributed by atoms with Crippen LogP contribution in [0.4, 0.5) is 0 Å². The van der Waals surface area contributed by atoms with E-state index < -0.39 is 42.6 Å². The van der Waals surface area contributed by atoms with Crippen molar-refractivity contribution >= 4 is 23.9 Å². The van der Waals surface area contributed by atoms with Gasteiger partial charge in [-0.05, 0) is 18.8 Å². The quantitative estimate of drug-likeness (QED) is 0.101. The molecule has 0 aliphatic carbocycles. The van der Waals surface area contributed by atoms with Gasteiger partial charge in [-0.2, -0.15) is 0 Å². The Balaban J connectivity index is -0.000000349. The number of hydrogen-bond acceptors (Lipinski definition) is 8. The smallest absolute Gasteiger partial charge is 0.322 e. The second-order valence-electron chi connectivity index (χ2n) is 5.77. The Morgan fingerprint density at radius 1 is 0.929 bits per heavy atom. The van der Waals surface area contributed by atoms with E-state index in [-0.39, 0.29) is 11.9 Å². The zero-order valence-electron chi connectivity index (χ0n) is 16.2. The van der Waals surface area contributed by atoms with Gasteiger partial charge in [-0.15, -0.1) is 0 Å². The average molecular weight is 410 g/mol. The van der Waals surface area contributed by atoms with Gasteiger partial charge in [0.05, 0.1) is 6.61 Å². The van der Waals surface area contributed by atoms with Gasteiger partial charge in [-0.1, -0.05) is 20.3 Å². The van der Waals surface area contributed by atoms with Crippen LogP contribution in [0.15, 0.2) is 4.99 Å². The second-order valence-corrected chi connectivity index (χ2v) is 5.77. The molecule has 166 valence electrons. The summed E-state index contributed by atoms with van der Waals surface area (Å²) in [5.74, 6) is -3.01. The minimum absolute atomic E-state index is 0.0129. The topological polar surface area (TPSA) is 275 Å². The van der Waals surface area contributed by atoms with Crippen LogP contribution in [0.25, 0.3) is 0 Å². The Kier molecular flexibility index (Phi) is 19.4. The van der Waals surface area contributed by atoms with E-state index >= 15 is 0 Å². The van der Waals surface area contributed by atoms with E-state index in [1.807, 2.05) is 13.8 Å². The Bertz CT molecular complexity index is 486. The van der Waals surface area contributed by atoms with Crippen molar-refractivity contribution in [1.29, 1.82) is 0 Å². The normalized spacial score (nSPS) is 13.9. The predicted molar refractivity (Wildman–Crippen MR) is 103 cm³/mol. The number of aliphatic carboxylic acids is 3. The number of carbonyl (C=O) groups is 3. The SMILES string of the molecule is CCC(C)[C@H](N)C(=O)O.NC(N)=NCCC[C@H](N)C(=O)O.N[C@@H](CO)C(=O)O. The number of carboxylic acid groups (broad SMARTS) is 3. The van der Waals surface area contributed by atoms with Crippen LogP contribution in [-0.4, -0.2) is 75.6 Å². The fraction of sp³-hybridized carbons (Fsp3) is 0.733. The summed E-state index contributed by atoms with van der Waals surface area (Å²) in [7, 11) is 0. The summed E-state index contributed by atoms with van der Waals surface area (Å²) in [6, 6.07) is -2.64. The predicted octanol–water partition coefficient (Wildman–Crippen LogP) is -2.71. The monoisotopic (exact) mass is 410 g/mol. The fourth-order valence-electron chi connectivity index (χ4n) is 1.22. The highest BCUT2D eigenvalue weighted by molar-refractivity contribution is 5.75. The molecule has 0 rings (SSSR count). The van der Waals surface area contributed by atoms with E-state index in [2.05, 4.69) is 4.99 Å². The lowest BCUT2D eigenvalue weighted by Crippen LogP contribution is -2.36. The molecule has 0 spiro atoms. The number of rotatable bonds is 10. The molecule has 0 heterocycles. The van der Waals surface area contributed by atoms with Gasteiger partial charge in [-0.25, -0.2) is 0 Å². The van der Waals surface area contributed by atoms with Gasteiger partial charge in [0.25, 0.3) is 0 Å². The highest BCUT2D eigenvalue weighted by atomic mass is 16.4. The van der Waals surface area contributed by atoms with Gasteiger partial charge in [0.2, 0.25) is 0 Å². The highest BCUT2D eigenvalue weighted by Crippen LogP contribution is 2.04. The van der Waals surface area contributed by atoms with Crippen LogP contribution in [0, 0.1) is 5.92 Å². The number of nitrogens with two attached hydrogens (primary N) is 5. The van der Waals surface area contributed by atoms with Crippen molar-refractivity contribution in [1.82, 2.24) is 0 Å². The molecule has 0 aromatic heterocycles. The van der Waals surface area contributed by atoms with E-state index in [1.165, 1.54) is 0 Å². The van der Waals surface area contributed by atoms with E-state index in [1.54, 1.807) is 0 Å². The van der Waals surface area contributed by atoms with Crippen molar-refractivity contribution in [3.8, 4) is 0 Å². The first kappa shape index (κ1) is 30.3. The van der Waals surface area contributed by atoms with Crippen LogP contribution in [0.2, 0.25) is 0 Å². The number of nitrogens with zero attached hydrogens (tertiary/aromatic N) is 1. The summed E-state index contributed by atoms with van der Waals surface area (Å²) in [5, 5.41) is 32.6. The number of aliphatic hydroxyl groups is 1. The molecule has 1 unspecified atom stereocenters. The third-order valence-electron chi connectivity index (χ3n) is 3.34. The third-order valence-corrected chi connectivity index (χ3v) is 3.34. The fourth-order valence-corrected chi connectivity index (χ4v) is 1.22. The Morgan fingerprint density at radius 3 is 1.61 bits per heavy atom. The molecule has 14 N–H and O–H groups in total. The summed E-state index contributed by atoms with van der Waals surface area (Å²) >= 11 is 0. The molecule has 4 atom stereocenters. The number of guanidine groups is 1. The summed E-state index contributed by atoms with van der Waals surface area (Å²) in [6.45, 7) is 3.67. The van der Waals surface area contributed by atoms with Gasteiger partial charge in [0, 0.05) is 6.54 Å². The summed E-state index contributed by atoms with van der Waals surface area (Å²) < 4.78 is 0. The van der Waals surface area contributed by atoms with Gasteiger partial charge in [0.15, 0.2) is 5.96 Å². The van der Waals surface area contributed by atoms with Crippen LogP contribution in [0.3, 0.4) is 0 Å². The molecule has 13 heteroatoms. The maximum absolute atomic E-state index is 10.2. The van der Waals surface area contributed by atoms with Gasteiger partial charge < -0.3 is 49.1 Å². The minimum Gasteiger partial charge on any atom is -0.480 e. The molecule has 13 nitrogen and oxygen atoms in total.